The molecule has 1 aliphatic heterocycles. The van der Waals surface area contributed by atoms with Crippen LogP contribution < -0.4 is 5.32 Å². The van der Waals surface area contributed by atoms with Gasteiger partial charge in [-0.05, 0) is 6.42 Å². The normalized spacial score (nSPS) is 21.9. The lowest BCUT2D eigenvalue weighted by atomic mass is 10.1. The molecule has 0 aliphatic carbocycles. The van der Waals surface area contributed by atoms with E-state index in [0.717, 1.165) is 6.42 Å². The third kappa shape index (κ3) is 3.35. The second-order valence-corrected chi connectivity index (χ2v) is 3.82. The Morgan fingerprint density at radius 1 is 1.50 bits per heavy atom. The summed E-state index contributed by atoms with van der Waals surface area (Å²) in [7, 11) is 0. The van der Waals surface area contributed by atoms with Crippen LogP contribution in [0.2, 0.25) is 0 Å². The van der Waals surface area contributed by atoms with E-state index in [2.05, 4.69) is 5.32 Å². The SMILES string of the molecule is O=C(O)[C@@H](O)CNC(=O)N1CCC(CO)C1. The summed E-state index contributed by atoms with van der Waals surface area (Å²) >= 11 is 0. The highest BCUT2D eigenvalue weighted by Gasteiger charge is 2.26. The van der Waals surface area contributed by atoms with E-state index in [0.29, 0.717) is 13.1 Å². The number of nitrogens with zero attached hydrogens (tertiary/aromatic N) is 1. The molecule has 0 spiro atoms. The van der Waals surface area contributed by atoms with Crippen LogP contribution in [0.25, 0.3) is 0 Å². The van der Waals surface area contributed by atoms with Crippen LogP contribution in [-0.4, -0.2) is 64.6 Å². The first-order valence-corrected chi connectivity index (χ1v) is 5.09. The van der Waals surface area contributed by atoms with E-state index in [-0.39, 0.29) is 19.1 Å². The van der Waals surface area contributed by atoms with Gasteiger partial charge in [0.05, 0.1) is 6.54 Å². The summed E-state index contributed by atoms with van der Waals surface area (Å²) in [5, 5.41) is 28.5. The second kappa shape index (κ2) is 5.66. The average Bonchev–Trinajstić information content (AvgIpc) is 2.73. The van der Waals surface area contributed by atoms with Gasteiger partial charge in [0.25, 0.3) is 0 Å². The fourth-order valence-corrected chi connectivity index (χ4v) is 1.55. The van der Waals surface area contributed by atoms with E-state index >= 15 is 0 Å². The topological polar surface area (TPSA) is 110 Å². The van der Waals surface area contributed by atoms with Gasteiger partial charge in [0, 0.05) is 25.6 Å². The summed E-state index contributed by atoms with van der Waals surface area (Å²) in [5.41, 5.74) is 0. The van der Waals surface area contributed by atoms with Crippen LogP contribution in [0, 0.1) is 5.92 Å². The van der Waals surface area contributed by atoms with Gasteiger partial charge in [0.15, 0.2) is 6.10 Å². The number of carbonyl (C=O) groups excluding carboxylic acids is 1. The molecule has 7 nitrogen and oxygen atoms in total. The molecule has 2 amide bonds. The molecule has 0 saturated carbocycles. The Morgan fingerprint density at radius 2 is 2.19 bits per heavy atom. The molecule has 0 radical (unpaired) electrons. The summed E-state index contributed by atoms with van der Waals surface area (Å²) in [5.74, 6) is -1.27. The number of aliphatic hydroxyl groups excluding tert-OH is 2. The molecule has 0 aromatic carbocycles. The number of carboxylic acid groups (broad SMARTS) is 1. The Labute approximate surface area is 92.7 Å². The van der Waals surface area contributed by atoms with Crippen LogP contribution >= 0.6 is 0 Å². The Kier molecular flexibility index (Phi) is 4.51. The highest BCUT2D eigenvalue weighted by Crippen LogP contribution is 2.14. The molecule has 7 heteroatoms. The molecule has 1 aliphatic rings. The van der Waals surface area contributed by atoms with Gasteiger partial charge < -0.3 is 25.5 Å². The van der Waals surface area contributed by atoms with Gasteiger partial charge in [-0.2, -0.15) is 0 Å². The number of aliphatic carboxylic acids is 1. The highest BCUT2D eigenvalue weighted by atomic mass is 16.4. The van der Waals surface area contributed by atoms with Gasteiger partial charge in [0.2, 0.25) is 0 Å². The van der Waals surface area contributed by atoms with E-state index in [9.17, 15) is 9.59 Å². The largest absolute Gasteiger partial charge is 0.479 e. The summed E-state index contributed by atoms with van der Waals surface area (Å²) in [4.78, 5) is 23.2. The molecule has 4 N–H and O–H groups in total. The van der Waals surface area contributed by atoms with Gasteiger partial charge in [0.1, 0.15) is 0 Å². The maximum atomic E-state index is 11.5. The lowest BCUT2D eigenvalue weighted by molar-refractivity contribution is -0.146. The van der Waals surface area contributed by atoms with E-state index in [4.69, 9.17) is 15.3 Å². The third-order valence-electron chi connectivity index (χ3n) is 2.56. The molecular weight excluding hydrogens is 216 g/mol. The van der Waals surface area contributed by atoms with E-state index in [1.807, 2.05) is 0 Å². The fourth-order valence-electron chi connectivity index (χ4n) is 1.55. The quantitative estimate of drug-likeness (QED) is 0.469. The molecule has 1 heterocycles. The number of carboxylic acids is 1. The monoisotopic (exact) mass is 232 g/mol. The molecule has 92 valence electrons. The lowest BCUT2D eigenvalue weighted by Gasteiger charge is -2.17. The third-order valence-corrected chi connectivity index (χ3v) is 2.56. The first-order valence-electron chi connectivity index (χ1n) is 5.09. The average molecular weight is 232 g/mol. The van der Waals surface area contributed by atoms with Crippen LogP contribution in [0.4, 0.5) is 4.79 Å². The van der Waals surface area contributed by atoms with Crippen LogP contribution in [0.3, 0.4) is 0 Å². The van der Waals surface area contributed by atoms with Crippen molar-refractivity contribution in [2.45, 2.75) is 12.5 Å². The van der Waals surface area contributed by atoms with Crippen molar-refractivity contribution in [1.29, 1.82) is 0 Å². The van der Waals surface area contributed by atoms with Crippen LogP contribution in [0.1, 0.15) is 6.42 Å². The number of nitrogens with one attached hydrogen (secondary N) is 1. The first-order chi connectivity index (χ1) is 7.54. The number of urea groups is 1. The number of hydrogen-bond donors (Lipinski definition) is 4. The minimum atomic E-state index is -1.58. The smallest absolute Gasteiger partial charge is 0.334 e. The van der Waals surface area contributed by atoms with Gasteiger partial charge >= 0.3 is 12.0 Å². The van der Waals surface area contributed by atoms with Crippen molar-refractivity contribution in [2.75, 3.05) is 26.2 Å². The Hall–Kier alpha value is -1.34. The van der Waals surface area contributed by atoms with Gasteiger partial charge in [-0.1, -0.05) is 0 Å². The van der Waals surface area contributed by atoms with Crippen molar-refractivity contribution in [3.63, 3.8) is 0 Å². The van der Waals surface area contributed by atoms with E-state index in [1.54, 1.807) is 0 Å². The molecule has 0 aromatic heterocycles. The number of aliphatic hydroxyl groups is 2. The van der Waals surface area contributed by atoms with Crippen molar-refractivity contribution in [2.24, 2.45) is 5.92 Å². The Balaban J connectivity index is 2.28. The van der Waals surface area contributed by atoms with Crippen molar-refractivity contribution in [3.05, 3.63) is 0 Å². The van der Waals surface area contributed by atoms with Gasteiger partial charge in [-0.15, -0.1) is 0 Å². The number of hydrogen-bond acceptors (Lipinski definition) is 4. The molecule has 0 aromatic rings. The predicted molar refractivity (Wildman–Crippen MR) is 53.8 cm³/mol. The molecule has 1 unspecified atom stereocenters. The van der Waals surface area contributed by atoms with Gasteiger partial charge in [-0.3, -0.25) is 0 Å². The molecular formula is C9H16N2O5. The molecule has 2 atom stereocenters. The first kappa shape index (κ1) is 12.7. The van der Waals surface area contributed by atoms with Crippen LogP contribution in [0.15, 0.2) is 0 Å². The standard InChI is InChI=1S/C9H16N2O5/c12-5-6-1-2-11(4-6)9(16)10-3-7(13)8(14)15/h6-7,12-13H,1-5H2,(H,10,16)(H,14,15)/t6?,7-/m0/s1. The van der Waals surface area contributed by atoms with Crippen LogP contribution in [-0.2, 0) is 4.79 Å². The fraction of sp³-hybridized carbons (Fsp3) is 0.778. The zero-order valence-corrected chi connectivity index (χ0v) is 8.80. The van der Waals surface area contributed by atoms with Crippen molar-refractivity contribution >= 4 is 12.0 Å². The number of likely N-dealkylation sites (tertiary alicyclic amines) is 1. The van der Waals surface area contributed by atoms with E-state index < -0.39 is 18.1 Å². The summed E-state index contributed by atoms with van der Waals surface area (Å²) in [6.07, 6.45) is -0.842. The molecule has 0 bridgehead atoms. The van der Waals surface area contributed by atoms with Crippen LogP contribution in [0.5, 0.6) is 0 Å². The lowest BCUT2D eigenvalue weighted by Crippen LogP contribution is -2.43. The predicted octanol–water partition coefficient (Wildman–Crippen LogP) is -1.54. The zero-order chi connectivity index (χ0) is 12.1. The molecule has 1 saturated heterocycles. The molecule has 16 heavy (non-hydrogen) atoms. The maximum absolute atomic E-state index is 11.5. The molecule has 1 rings (SSSR count). The second-order valence-electron chi connectivity index (χ2n) is 3.82. The number of rotatable bonds is 4. The minimum absolute atomic E-state index is 0.0432. The van der Waals surface area contributed by atoms with Gasteiger partial charge in [-0.25, -0.2) is 9.59 Å². The van der Waals surface area contributed by atoms with E-state index in [1.165, 1.54) is 4.90 Å². The van der Waals surface area contributed by atoms with Crippen molar-refractivity contribution < 1.29 is 24.9 Å². The molecule has 1 fully saturated rings. The Bertz CT molecular complexity index is 271. The zero-order valence-electron chi connectivity index (χ0n) is 8.80. The minimum Gasteiger partial charge on any atom is -0.479 e. The van der Waals surface area contributed by atoms with Crippen molar-refractivity contribution in [1.82, 2.24) is 10.2 Å². The summed E-state index contributed by atoms with van der Waals surface area (Å²) in [6, 6.07) is -0.406. The highest BCUT2D eigenvalue weighted by molar-refractivity contribution is 5.77. The summed E-state index contributed by atoms with van der Waals surface area (Å²) in [6.45, 7) is 0.738. The summed E-state index contributed by atoms with van der Waals surface area (Å²) < 4.78 is 0. The number of amides is 2. The Morgan fingerprint density at radius 3 is 2.69 bits per heavy atom. The van der Waals surface area contributed by atoms with Crippen molar-refractivity contribution in [3.8, 4) is 0 Å². The number of carbonyl (C=O) groups is 2. The maximum Gasteiger partial charge on any atom is 0.334 e.